The zero-order valence-corrected chi connectivity index (χ0v) is 22.9. The number of rotatable bonds is 14. The summed E-state index contributed by atoms with van der Waals surface area (Å²) < 4.78 is 0. The Balaban J connectivity index is 3.46. The molecule has 1 nitrogen and oxygen atoms in total. The van der Waals surface area contributed by atoms with Crippen LogP contribution in [0, 0.1) is 0 Å². The van der Waals surface area contributed by atoms with Gasteiger partial charge in [-0.2, -0.15) is 0 Å². The van der Waals surface area contributed by atoms with Crippen LogP contribution in [0.25, 0.3) is 0 Å². The molecule has 188 valence electrons. The molecule has 0 heterocycles. The number of anilines is 1. The van der Waals surface area contributed by atoms with Gasteiger partial charge in [0, 0.05) is 17.9 Å². The first-order valence-corrected chi connectivity index (χ1v) is 12.5. The predicted octanol–water partition coefficient (Wildman–Crippen LogP) is 10.2. The van der Waals surface area contributed by atoms with E-state index in [0.717, 1.165) is 29.8 Å². The molecule has 0 saturated carbocycles. The summed E-state index contributed by atoms with van der Waals surface area (Å²) in [6.45, 7) is 22.9. The Morgan fingerprint density at radius 3 is 2.14 bits per heavy atom. The summed E-state index contributed by atoms with van der Waals surface area (Å²) in [7, 11) is 0. The van der Waals surface area contributed by atoms with E-state index in [1.165, 1.54) is 22.4 Å². The lowest BCUT2D eigenvalue weighted by Crippen LogP contribution is -2.23. The van der Waals surface area contributed by atoms with Gasteiger partial charge in [-0.25, -0.2) is 0 Å². The molecule has 1 heteroatoms. The smallest absolute Gasteiger partial charge is 0.0442 e. The molecule has 0 bridgehead atoms. The van der Waals surface area contributed by atoms with E-state index < -0.39 is 0 Å². The largest absolute Gasteiger partial charge is 0.337 e. The van der Waals surface area contributed by atoms with Gasteiger partial charge in [0.25, 0.3) is 0 Å². The first kappa shape index (κ1) is 30.2. The first-order chi connectivity index (χ1) is 17.4. The van der Waals surface area contributed by atoms with Crippen molar-refractivity contribution in [3.63, 3.8) is 0 Å². The molecule has 0 amide bonds. The minimum absolute atomic E-state index is 0.728. The maximum atomic E-state index is 3.95. The van der Waals surface area contributed by atoms with Gasteiger partial charge in [0.15, 0.2) is 0 Å². The van der Waals surface area contributed by atoms with Crippen molar-refractivity contribution in [2.24, 2.45) is 0 Å². The molecule has 0 unspecified atom stereocenters. The fourth-order valence-corrected chi connectivity index (χ4v) is 3.59. The molecule has 1 aromatic rings. The fourth-order valence-electron chi connectivity index (χ4n) is 3.59. The van der Waals surface area contributed by atoms with Crippen molar-refractivity contribution in [1.29, 1.82) is 0 Å². The van der Waals surface area contributed by atoms with Gasteiger partial charge in [-0.05, 0) is 81.5 Å². The first-order valence-electron chi connectivity index (χ1n) is 12.5. The van der Waals surface area contributed by atoms with Gasteiger partial charge < -0.3 is 4.90 Å². The van der Waals surface area contributed by atoms with E-state index in [0.29, 0.717) is 0 Å². The lowest BCUT2D eigenvalue weighted by molar-refractivity contribution is 1.01. The van der Waals surface area contributed by atoms with Crippen LogP contribution in [0.5, 0.6) is 0 Å². The second kappa shape index (κ2) is 17.6. The van der Waals surface area contributed by atoms with Crippen LogP contribution >= 0.6 is 0 Å². The molecule has 0 N–H and O–H groups in total. The average Bonchev–Trinajstić information content (AvgIpc) is 2.90. The number of nitrogens with zero attached hydrogens (tertiary/aromatic N) is 1. The summed E-state index contributed by atoms with van der Waals surface area (Å²) in [4.78, 5) is 2.35. The molecule has 0 saturated heterocycles. The van der Waals surface area contributed by atoms with Gasteiger partial charge in [0.2, 0.25) is 0 Å². The highest BCUT2D eigenvalue weighted by Crippen LogP contribution is 2.26. The Morgan fingerprint density at radius 1 is 0.833 bits per heavy atom. The van der Waals surface area contributed by atoms with Crippen LogP contribution in [-0.4, -0.2) is 6.54 Å². The number of benzene rings is 1. The monoisotopic (exact) mass is 477 g/mol. The van der Waals surface area contributed by atoms with Gasteiger partial charge in [-0.15, -0.1) is 0 Å². The third-order valence-corrected chi connectivity index (χ3v) is 5.74. The van der Waals surface area contributed by atoms with Gasteiger partial charge >= 0.3 is 0 Å². The van der Waals surface area contributed by atoms with E-state index in [1.807, 2.05) is 31.2 Å². The van der Waals surface area contributed by atoms with Crippen molar-refractivity contribution in [2.75, 3.05) is 11.4 Å². The predicted molar refractivity (Wildman–Crippen MR) is 164 cm³/mol. The molecule has 0 aliphatic heterocycles. The third kappa shape index (κ3) is 10.2. The van der Waals surface area contributed by atoms with E-state index in [9.17, 15) is 0 Å². The number of para-hydroxylation sites is 1. The highest BCUT2D eigenvalue weighted by atomic mass is 15.1. The number of hydrogen-bond acceptors (Lipinski definition) is 1. The molecule has 1 aromatic carbocycles. The van der Waals surface area contributed by atoms with Gasteiger partial charge in [-0.1, -0.05) is 116 Å². The van der Waals surface area contributed by atoms with Crippen LogP contribution in [0.1, 0.15) is 41.0 Å². The van der Waals surface area contributed by atoms with Gasteiger partial charge in [0.1, 0.15) is 0 Å². The van der Waals surface area contributed by atoms with E-state index in [-0.39, 0.29) is 0 Å². The molecule has 0 aromatic heterocycles. The Bertz CT molecular complexity index is 1110. The standard InChI is InChI=1S/C35H43N/c1-9-14-16-22-29(6)26-27-30(7)31(8)35(21-11-3)36(34-24-17-15-18-25-34)28-19-23-33(13-5)32(12-4)20-10-2/h9-21,23-27H,1-2,4,22,28H2,3,5-8H3/b16-14-,21-11-,23-19-,29-26+,30-27+,32-20+,33-13+,35-31-. The Morgan fingerprint density at radius 2 is 1.56 bits per heavy atom. The van der Waals surface area contributed by atoms with Crippen molar-refractivity contribution < 1.29 is 0 Å². The Hall–Kier alpha value is -3.84. The minimum Gasteiger partial charge on any atom is -0.337 e. The zero-order valence-electron chi connectivity index (χ0n) is 22.9. The third-order valence-electron chi connectivity index (χ3n) is 5.74. The summed E-state index contributed by atoms with van der Waals surface area (Å²) in [5.74, 6) is 0. The summed E-state index contributed by atoms with van der Waals surface area (Å²) >= 11 is 0. The van der Waals surface area contributed by atoms with Crippen LogP contribution in [0.3, 0.4) is 0 Å². The Labute approximate surface area is 220 Å². The van der Waals surface area contributed by atoms with Crippen molar-refractivity contribution in [1.82, 2.24) is 0 Å². The molecule has 0 radical (unpaired) electrons. The van der Waals surface area contributed by atoms with Crippen LogP contribution in [-0.2, 0) is 0 Å². The lowest BCUT2D eigenvalue weighted by Gasteiger charge is -2.27. The topological polar surface area (TPSA) is 3.24 Å². The molecule has 1 rings (SSSR count). The highest BCUT2D eigenvalue weighted by molar-refractivity contribution is 5.59. The normalized spacial score (nSPS) is 14.5. The molecule has 0 fully saturated rings. The van der Waals surface area contributed by atoms with Crippen LogP contribution in [0.15, 0.2) is 163 Å². The molecular weight excluding hydrogens is 434 g/mol. The molecule has 36 heavy (non-hydrogen) atoms. The van der Waals surface area contributed by atoms with E-state index >= 15 is 0 Å². The quantitative estimate of drug-likeness (QED) is 0.241. The van der Waals surface area contributed by atoms with Crippen molar-refractivity contribution in [3.05, 3.63) is 163 Å². The Kier molecular flexibility index (Phi) is 14.7. The second-order valence-corrected chi connectivity index (χ2v) is 8.40. The van der Waals surface area contributed by atoms with Gasteiger partial charge in [-0.3, -0.25) is 0 Å². The molecule has 0 spiro atoms. The van der Waals surface area contributed by atoms with Crippen molar-refractivity contribution >= 4 is 5.69 Å². The van der Waals surface area contributed by atoms with Gasteiger partial charge in [0.05, 0.1) is 0 Å². The molecule has 0 atom stereocenters. The van der Waals surface area contributed by atoms with E-state index in [2.05, 4.69) is 131 Å². The molecule has 0 aliphatic rings. The van der Waals surface area contributed by atoms with Crippen molar-refractivity contribution in [3.8, 4) is 0 Å². The zero-order chi connectivity index (χ0) is 26.8. The minimum atomic E-state index is 0.728. The maximum Gasteiger partial charge on any atom is 0.0442 e. The highest BCUT2D eigenvalue weighted by Gasteiger charge is 2.12. The summed E-state index contributed by atoms with van der Waals surface area (Å²) in [6.07, 6.45) is 27.6. The summed E-state index contributed by atoms with van der Waals surface area (Å²) in [5.41, 5.74) is 8.27. The number of hydrogen-bond donors (Lipinski definition) is 0. The molecular formula is C35H43N. The van der Waals surface area contributed by atoms with Crippen LogP contribution in [0.4, 0.5) is 5.69 Å². The summed E-state index contributed by atoms with van der Waals surface area (Å²) in [5, 5.41) is 0. The van der Waals surface area contributed by atoms with Crippen LogP contribution < -0.4 is 4.90 Å². The number of allylic oxidation sites excluding steroid dienone is 17. The van der Waals surface area contributed by atoms with Crippen molar-refractivity contribution in [2.45, 2.75) is 41.0 Å². The summed E-state index contributed by atoms with van der Waals surface area (Å²) in [6, 6.07) is 10.5. The van der Waals surface area contributed by atoms with E-state index in [4.69, 9.17) is 0 Å². The van der Waals surface area contributed by atoms with Crippen LogP contribution in [0.2, 0.25) is 0 Å². The maximum absolute atomic E-state index is 3.95. The van der Waals surface area contributed by atoms with E-state index in [1.54, 1.807) is 6.08 Å². The second-order valence-electron chi connectivity index (χ2n) is 8.40. The lowest BCUT2D eigenvalue weighted by atomic mass is 10.0. The molecule has 0 aliphatic carbocycles. The fraction of sp³-hybridized carbons (Fsp3) is 0.200. The SMILES string of the molecule is C=C/C=C\C/C(C)=C/C=C(C)/C(C)=C(/C=C\C)N(C\C=C/C(=C\C)C(/C=C)=C/C=C)c1ccccc1. The average molecular weight is 478 g/mol.